The van der Waals surface area contributed by atoms with Crippen LogP contribution in [0, 0.1) is 23.4 Å². The molecule has 220 valence electrons. The molecule has 0 aliphatic carbocycles. The zero-order valence-electron chi connectivity index (χ0n) is 22.3. The summed E-state index contributed by atoms with van der Waals surface area (Å²) in [5.74, 6) is -4.87. The van der Waals surface area contributed by atoms with Crippen LogP contribution in [-0.2, 0) is 17.4 Å². The Labute approximate surface area is 236 Å². The summed E-state index contributed by atoms with van der Waals surface area (Å²) in [6, 6.07) is 8.00. The lowest BCUT2D eigenvalue weighted by atomic mass is 9.93. The lowest BCUT2D eigenvalue weighted by molar-refractivity contribution is -0.142. The second kappa shape index (κ2) is 12.0. The molecular formula is C29H25F6N5O2. The fourth-order valence-electron chi connectivity index (χ4n) is 4.63. The molecule has 0 aliphatic heterocycles. The van der Waals surface area contributed by atoms with Crippen LogP contribution in [0.4, 0.5) is 26.3 Å². The van der Waals surface area contributed by atoms with E-state index in [9.17, 15) is 35.9 Å². The SMILES string of the molecule is CC(C)[C@H](C(=O)N[C@@H](Cc1cc(F)cc(F)c1)c1ncccc1-c1ccc(F)c(C(N)=O)c1)n1ccc(C(F)(F)F)n1. The Morgan fingerprint density at radius 1 is 1.00 bits per heavy atom. The van der Waals surface area contributed by atoms with E-state index in [1.807, 2.05) is 0 Å². The van der Waals surface area contributed by atoms with Crippen LogP contribution >= 0.6 is 0 Å². The molecule has 2 atom stereocenters. The van der Waals surface area contributed by atoms with Gasteiger partial charge in [-0.3, -0.25) is 19.3 Å². The number of carbonyl (C=O) groups excluding carboxylic acids is 2. The zero-order valence-corrected chi connectivity index (χ0v) is 22.3. The normalized spacial score (nSPS) is 13.2. The Morgan fingerprint density at radius 3 is 2.29 bits per heavy atom. The molecule has 42 heavy (non-hydrogen) atoms. The highest BCUT2D eigenvalue weighted by Gasteiger charge is 2.36. The maximum Gasteiger partial charge on any atom is 0.435 e. The number of nitrogens with two attached hydrogens (primary N) is 1. The van der Waals surface area contributed by atoms with E-state index in [1.54, 1.807) is 26.0 Å². The molecule has 2 aromatic heterocycles. The molecule has 3 N–H and O–H groups in total. The van der Waals surface area contributed by atoms with Crippen LogP contribution in [0.25, 0.3) is 11.1 Å². The summed E-state index contributed by atoms with van der Waals surface area (Å²) < 4.78 is 82.9. The topological polar surface area (TPSA) is 103 Å². The van der Waals surface area contributed by atoms with E-state index >= 15 is 0 Å². The van der Waals surface area contributed by atoms with Gasteiger partial charge in [0.15, 0.2) is 5.69 Å². The Bertz CT molecular complexity index is 1600. The lowest BCUT2D eigenvalue weighted by Crippen LogP contribution is -2.39. The van der Waals surface area contributed by atoms with E-state index in [0.29, 0.717) is 17.2 Å². The molecule has 0 aliphatic rings. The van der Waals surface area contributed by atoms with Gasteiger partial charge in [0.05, 0.1) is 17.3 Å². The van der Waals surface area contributed by atoms with Gasteiger partial charge in [-0.15, -0.1) is 0 Å². The molecule has 4 aromatic rings. The summed E-state index contributed by atoms with van der Waals surface area (Å²) in [7, 11) is 0. The van der Waals surface area contributed by atoms with Crippen molar-refractivity contribution in [3.05, 3.63) is 107 Å². The van der Waals surface area contributed by atoms with E-state index < -0.39 is 64.7 Å². The van der Waals surface area contributed by atoms with Crippen LogP contribution in [0.15, 0.2) is 67.0 Å². The predicted molar refractivity (Wildman–Crippen MR) is 140 cm³/mol. The van der Waals surface area contributed by atoms with Crippen LogP contribution in [0.2, 0.25) is 0 Å². The molecule has 0 saturated heterocycles. The van der Waals surface area contributed by atoms with E-state index in [-0.39, 0.29) is 17.7 Å². The van der Waals surface area contributed by atoms with Crippen LogP contribution in [-0.4, -0.2) is 26.6 Å². The number of amides is 2. The summed E-state index contributed by atoms with van der Waals surface area (Å²) in [5.41, 5.74) is 4.69. The summed E-state index contributed by atoms with van der Waals surface area (Å²) in [6.07, 6.45) is -2.48. The molecular weight excluding hydrogens is 564 g/mol. The number of aromatic nitrogens is 3. The van der Waals surface area contributed by atoms with Crippen molar-refractivity contribution in [2.45, 2.75) is 38.5 Å². The van der Waals surface area contributed by atoms with Gasteiger partial charge in [0.25, 0.3) is 5.91 Å². The number of hydrogen-bond acceptors (Lipinski definition) is 4. The lowest BCUT2D eigenvalue weighted by Gasteiger charge is -2.26. The van der Waals surface area contributed by atoms with Crippen molar-refractivity contribution in [3.63, 3.8) is 0 Å². The Hall–Kier alpha value is -4.68. The van der Waals surface area contributed by atoms with Gasteiger partial charge in [0, 0.05) is 24.0 Å². The van der Waals surface area contributed by atoms with Gasteiger partial charge in [-0.25, -0.2) is 13.2 Å². The van der Waals surface area contributed by atoms with Gasteiger partial charge in [0.2, 0.25) is 5.91 Å². The first-order valence-corrected chi connectivity index (χ1v) is 12.7. The van der Waals surface area contributed by atoms with Crippen molar-refractivity contribution >= 4 is 11.8 Å². The summed E-state index contributed by atoms with van der Waals surface area (Å²) >= 11 is 0. The molecule has 2 aromatic carbocycles. The monoisotopic (exact) mass is 589 g/mol. The molecule has 0 bridgehead atoms. The van der Waals surface area contributed by atoms with Crippen molar-refractivity contribution in [2.24, 2.45) is 11.7 Å². The average Bonchev–Trinajstić information content (AvgIpc) is 3.38. The number of pyridine rings is 1. The first-order valence-electron chi connectivity index (χ1n) is 12.7. The first kappa shape index (κ1) is 30.3. The van der Waals surface area contributed by atoms with Crippen molar-refractivity contribution in [1.82, 2.24) is 20.1 Å². The maximum absolute atomic E-state index is 14.2. The molecule has 0 spiro atoms. The van der Waals surface area contributed by atoms with Crippen molar-refractivity contribution < 1.29 is 35.9 Å². The van der Waals surface area contributed by atoms with Gasteiger partial charge < -0.3 is 11.1 Å². The predicted octanol–water partition coefficient (Wildman–Crippen LogP) is 5.78. The fraction of sp³-hybridized carbons (Fsp3) is 0.241. The third kappa shape index (κ3) is 6.78. The minimum atomic E-state index is -4.73. The molecule has 2 heterocycles. The van der Waals surface area contributed by atoms with Crippen LogP contribution < -0.4 is 11.1 Å². The standard InChI is InChI=1S/C29H25F6N5O2/c1-15(2)26(40-9-7-24(39-40)29(33,34)35)28(42)38-23(12-16-10-18(30)14-19(31)11-16)25-20(4-3-8-37-25)17-5-6-22(32)21(13-17)27(36)41/h3-11,13-15,23,26H,12H2,1-2H3,(H2,36,41)(H,38,42)/t23-,26+/m0/s1. The minimum Gasteiger partial charge on any atom is -0.366 e. The molecule has 2 amide bonds. The van der Waals surface area contributed by atoms with Gasteiger partial charge >= 0.3 is 6.18 Å². The average molecular weight is 590 g/mol. The highest BCUT2D eigenvalue weighted by Crippen LogP contribution is 2.32. The van der Waals surface area contributed by atoms with Gasteiger partial charge in [-0.1, -0.05) is 26.0 Å². The van der Waals surface area contributed by atoms with Crippen molar-refractivity contribution in [3.8, 4) is 11.1 Å². The summed E-state index contributed by atoms with van der Waals surface area (Å²) in [5, 5.41) is 6.30. The third-order valence-electron chi connectivity index (χ3n) is 6.47. The molecule has 0 unspecified atom stereocenters. The Balaban J connectivity index is 1.79. The third-order valence-corrected chi connectivity index (χ3v) is 6.47. The number of hydrogen-bond donors (Lipinski definition) is 2. The second-order valence-electron chi connectivity index (χ2n) is 9.91. The quantitative estimate of drug-likeness (QED) is 0.242. The van der Waals surface area contributed by atoms with E-state index in [2.05, 4.69) is 15.4 Å². The second-order valence-corrected chi connectivity index (χ2v) is 9.91. The van der Waals surface area contributed by atoms with E-state index in [0.717, 1.165) is 35.1 Å². The number of benzene rings is 2. The maximum atomic E-state index is 14.2. The van der Waals surface area contributed by atoms with Gasteiger partial charge in [0.1, 0.15) is 23.5 Å². The molecule has 4 rings (SSSR count). The number of rotatable bonds is 9. The van der Waals surface area contributed by atoms with Crippen LogP contribution in [0.3, 0.4) is 0 Å². The number of primary amides is 1. The molecule has 13 heteroatoms. The number of alkyl halides is 3. The summed E-state index contributed by atoms with van der Waals surface area (Å²) in [4.78, 5) is 29.8. The molecule has 7 nitrogen and oxygen atoms in total. The van der Waals surface area contributed by atoms with Gasteiger partial charge in [-0.2, -0.15) is 18.3 Å². The van der Waals surface area contributed by atoms with Crippen molar-refractivity contribution in [1.29, 1.82) is 0 Å². The van der Waals surface area contributed by atoms with E-state index in [4.69, 9.17) is 5.73 Å². The van der Waals surface area contributed by atoms with Crippen LogP contribution in [0.1, 0.15) is 53.2 Å². The zero-order chi connectivity index (χ0) is 30.8. The molecule has 0 radical (unpaired) electrons. The smallest absolute Gasteiger partial charge is 0.366 e. The number of carbonyl (C=O) groups is 2. The fourth-order valence-corrected chi connectivity index (χ4v) is 4.63. The molecule has 0 fully saturated rings. The number of nitrogens with zero attached hydrogens (tertiary/aromatic N) is 3. The molecule has 0 saturated carbocycles. The minimum absolute atomic E-state index is 0.144. The van der Waals surface area contributed by atoms with Gasteiger partial charge in [-0.05, 0) is 59.9 Å². The Kier molecular flexibility index (Phi) is 8.69. The van der Waals surface area contributed by atoms with Crippen molar-refractivity contribution in [2.75, 3.05) is 0 Å². The highest BCUT2D eigenvalue weighted by atomic mass is 19.4. The Morgan fingerprint density at radius 2 is 1.69 bits per heavy atom. The van der Waals surface area contributed by atoms with E-state index in [1.165, 1.54) is 18.3 Å². The number of halogens is 6. The summed E-state index contributed by atoms with van der Waals surface area (Å²) in [6.45, 7) is 3.23. The van der Waals surface area contributed by atoms with Crippen LogP contribution in [0.5, 0.6) is 0 Å². The number of nitrogens with one attached hydrogen (secondary N) is 1. The highest BCUT2D eigenvalue weighted by molar-refractivity contribution is 5.94. The first-order chi connectivity index (χ1) is 19.7. The largest absolute Gasteiger partial charge is 0.435 e.